The zero-order valence-electron chi connectivity index (χ0n) is 15.0. The molecule has 5 nitrogen and oxygen atoms in total. The molecular weight excluding hydrogens is 333 g/mol. The lowest BCUT2D eigenvalue weighted by Crippen LogP contribution is -2.45. The first-order chi connectivity index (χ1) is 12.5. The lowest BCUT2D eigenvalue weighted by atomic mass is 9.92. The van der Waals surface area contributed by atoms with Crippen LogP contribution in [0.2, 0.25) is 0 Å². The number of halogens is 1. The van der Waals surface area contributed by atoms with Gasteiger partial charge in [0.1, 0.15) is 5.82 Å². The zero-order chi connectivity index (χ0) is 18.4. The van der Waals surface area contributed by atoms with Gasteiger partial charge in [-0.25, -0.2) is 9.37 Å². The number of nitrogens with zero attached hydrogens (tertiary/aromatic N) is 3. The quantitative estimate of drug-likeness (QED) is 0.701. The van der Waals surface area contributed by atoms with Gasteiger partial charge in [0.15, 0.2) is 0 Å². The first kappa shape index (κ1) is 16.7. The average Bonchev–Trinajstić information content (AvgIpc) is 2.96. The predicted octanol–water partition coefficient (Wildman–Crippen LogP) is 4.38. The number of pyridine rings is 1. The van der Waals surface area contributed by atoms with Gasteiger partial charge in [0.05, 0.1) is 22.7 Å². The van der Waals surface area contributed by atoms with Crippen LogP contribution < -0.4 is 0 Å². The fraction of sp³-hybridized carbons (Fsp3) is 0.350. The van der Waals surface area contributed by atoms with Crippen LogP contribution in [0.4, 0.5) is 4.39 Å². The summed E-state index contributed by atoms with van der Waals surface area (Å²) >= 11 is 0. The van der Waals surface area contributed by atoms with E-state index < -0.39 is 0 Å². The summed E-state index contributed by atoms with van der Waals surface area (Å²) in [4.78, 5) is 19.4. The average molecular weight is 353 g/mol. The fourth-order valence-electron chi connectivity index (χ4n) is 3.50. The summed E-state index contributed by atoms with van der Waals surface area (Å²) in [7, 11) is 0. The minimum absolute atomic E-state index is 0.0916. The molecule has 6 heteroatoms. The number of hydrogen-bond acceptors (Lipinski definition) is 4. The van der Waals surface area contributed by atoms with Crippen LogP contribution in [0.3, 0.4) is 0 Å². The fourth-order valence-corrected chi connectivity index (χ4v) is 3.50. The molecule has 26 heavy (non-hydrogen) atoms. The van der Waals surface area contributed by atoms with E-state index in [9.17, 15) is 9.18 Å². The van der Waals surface area contributed by atoms with E-state index in [1.807, 2.05) is 26.8 Å². The Kier molecular flexibility index (Phi) is 3.98. The summed E-state index contributed by atoms with van der Waals surface area (Å²) in [6.45, 7) is 6.48. The van der Waals surface area contributed by atoms with Crippen LogP contribution in [0.5, 0.6) is 0 Å². The lowest BCUT2D eigenvalue weighted by molar-refractivity contribution is 0.0461. The van der Waals surface area contributed by atoms with E-state index in [-0.39, 0.29) is 23.7 Å². The number of carbonyl (C=O) groups is 1. The molecule has 1 aromatic carbocycles. The maximum absolute atomic E-state index is 13.6. The smallest absolute Gasteiger partial charge is 0.259 e. The number of rotatable bonds is 3. The predicted molar refractivity (Wildman–Crippen MR) is 95.4 cm³/mol. The summed E-state index contributed by atoms with van der Waals surface area (Å²) in [5.74, 6) is -0.265. The number of benzene rings is 1. The Morgan fingerprint density at radius 3 is 2.81 bits per heavy atom. The SMILES string of the molecule is Cc1cc(C(=O)N2CCC2c2cccc(F)c2)c2c(C(C)C)noc2n1. The molecule has 1 aliphatic heterocycles. The molecule has 1 saturated heterocycles. The summed E-state index contributed by atoms with van der Waals surface area (Å²) in [5, 5.41) is 4.79. The van der Waals surface area contributed by atoms with Crippen molar-refractivity contribution < 1.29 is 13.7 Å². The minimum Gasteiger partial charge on any atom is -0.335 e. The van der Waals surface area contributed by atoms with E-state index in [1.54, 1.807) is 17.0 Å². The Labute approximate surface area is 150 Å². The molecule has 1 atom stereocenters. The van der Waals surface area contributed by atoms with Crippen molar-refractivity contribution in [2.24, 2.45) is 0 Å². The van der Waals surface area contributed by atoms with E-state index in [2.05, 4.69) is 10.1 Å². The number of hydrogen-bond donors (Lipinski definition) is 0. The molecule has 134 valence electrons. The summed E-state index contributed by atoms with van der Waals surface area (Å²) in [5.41, 5.74) is 3.20. The first-order valence-electron chi connectivity index (χ1n) is 8.79. The Morgan fingerprint density at radius 1 is 1.35 bits per heavy atom. The number of aromatic nitrogens is 2. The van der Waals surface area contributed by atoms with Crippen LogP contribution >= 0.6 is 0 Å². The second kappa shape index (κ2) is 6.20. The van der Waals surface area contributed by atoms with Gasteiger partial charge in [-0.15, -0.1) is 0 Å². The van der Waals surface area contributed by atoms with Crippen molar-refractivity contribution in [1.82, 2.24) is 15.0 Å². The maximum atomic E-state index is 13.6. The van der Waals surface area contributed by atoms with E-state index in [1.165, 1.54) is 12.1 Å². The molecule has 1 amide bonds. The second-order valence-electron chi connectivity index (χ2n) is 7.07. The van der Waals surface area contributed by atoms with E-state index in [0.717, 1.165) is 17.7 Å². The largest absolute Gasteiger partial charge is 0.335 e. The van der Waals surface area contributed by atoms with E-state index in [4.69, 9.17) is 4.52 Å². The van der Waals surface area contributed by atoms with Crippen molar-refractivity contribution in [3.63, 3.8) is 0 Å². The molecule has 1 unspecified atom stereocenters. The van der Waals surface area contributed by atoms with Gasteiger partial charge < -0.3 is 9.42 Å². The minimum atomic E-state index is -0.287. The van der Waals surface area contributed by atoms with Crippen molar-refractivity contribution in [2.75, 3.05) is 6.54 Å². The monoisotopic (exact) mass is 353 g/mol. The molecule has 3 aromatic rings. The van der Waals surface area contributed by atoms with Gasteiger partial charge in [-0.05, 0) is 43.0 Å². The zero-order valence-corrected chi connectivity index (χ0v) is 15.0. The van der Waals surface area contributed by atoms with Gasteiger partial charge >= 0.3 is 0 Å². The Balaban J connectivity index is 1.75. The Bertz CT molecular complexity index is 996. The van der Waals surface area contributed by atoms with Crippen molar-refractivity contribution in [3.05, 3.63) is 58.7 Å². The second-order valence-corrected chi connectivity index (χ2v) is 7.07. The van der Waals surface area contributed by atoms with E-state index in [0.29, 0.717) is 28.9 Å². The van der Waals surface area contributed by atoms with Crippen molar-refractivity contribution in [3.8, 4) is 0 Å². The van der Waals surface area contributed by atoms with Gasteiger partial charge in [0, 0.05) is 12.2 Å². The van der Waals surface area contributed by atoms with Crippen LogP contribution in [0, 0.1) is 12.7 Å². The highest BCUT2D eigenvalue weighted by molar-refractivity contribution is 6.06. The molecule has 0 N–H and O–H groups in total. The molecule has 1 aliphatic rings. The third kappa shape index (κ3) is 2.66. The third-order valence-electron chi connectivity index (χ3n) is 4.89. The molecule has 0 spiro atoms. The molecule has 0 radical (unpaired) electrons. The normalized spacial score (nSPS) is 17.0. The molecule has 0 bridgehead atoms. The third-order valence-corrected chi connectivity index (χ3v) is 4.89. The number of aryl methyl sites for hydroxylation is 1. The van der Waals surface area contributed by atoms with Gasteiger partial charge in [0.25, 0.3) is 11.6 Å². The lowest BCUT2D eigenvalue weighted by Gasteiger charge is -2.41. The van der Waals surface area contributed by atoms with Crippen molar-refractivity contribution >= 4 is 17.0 Å². The van der Waals surface area contributed by atoms with Crippen LogP contribution in [-0.2, 0) is 0 Å². The molecular formula is C20H20FN3O2. The molecule has 0 saturated carbocycles. The van der Waals surface area contributed by atoms with Gasteiger partial charge in [-0.1, -0.05) is 31.1 Å². The summed E-state index contributed by atoms with van der Waals surface area (Å²) < 4.78 is 18.9. The van der Waals surface area contributed by atoms with E-state index >= 15 is 0 Å². The van der Waals surface area contributed by atoms with Crippen LogP contribution in [0.1, 0.15) is 59.5 Å². The molecule has 3 heterocycles. The number of amides is 1. The van der Waals surface area contributed by atoms with Gasteiger partial charge in [0.2, 0.25) is 0 Å². The maximum Gasteiger partial charge on any atom is 0.259 e. The summed E-state index contributed by atoms with van der Waals surface area (Å²) in [6.07, 6.45) is 0.822. The number of likely N-dealkylation sites (tertiary alicyclic amines) is 1. The molecule has 4 rings (SSSR count). The molecule has 2 aromatic heterocycles. The number of carbonyl (C=O) groups excluding carboxylic acids is 1. The van der Waals surface area contributed by atoms with Crippen LogP contribution in [0.25, 0.3) is 11.1 Å². The topological polar surface area (TPSA) is 59.2 Å². The summed E-state index contributed by atoms with van der Waals surface area (Å²) in [6, 6.07) is 8.13. The first-order valence-corrected chi connectivity index (χ1v) is 8.79. The van der Waals surface area contributed by atoms with Crippen molar-refractivity contribution in [1.29, 1.82) is 0 Å². The van der Waals surface area contributed by atoms with Gasteiger partial charge in [-0.2, -0.15) is 0 Å². The number of fused-ring (bicyclic) bond motifs is 1. The Morgan fingerprint density at radius 2 is 2.15 bits per heavy atom. The van der Waals surface area contributed by atoms with Gasteiger partial charge in [-0.3, -0.25) is 4.79 Å². The highest BCUT2D eigenvalue weighted by Crippen LogP contribution is 2.37. The molecule has 0 aliphatic carbocycles. The molecule has 1 fully saturated rings. The van der Waals surface area contributed by atoms with Crippen molar-refractivity contribution in [2.45, 2.75) is 39.2 Å². The van der Waals surface area contributed by atoms with Crippen LogP contribution in [-0.4, -0.2) is 27.5 Å². The Hall–Kier alpha value is -2.76. The highest BCUT2D eigenvalue weighted by atomic mass is 19.1. The standard InChI is InChI=1S/C20H20FN3O2/c1-11(2)18-17-15(9-12(3)22-19(17)26-23-18)20(25)24-8-7-16(24)13-5-4-6-14(21)10-13/h4-6,9-11,16H,7-8H2,1-3H3. The highest BCUT2D eigenvalue weighted by Gasteiger charge is 2.35. The van der Waals surface area contributed by atoms with Crippen LogP contribution in [0.15, 0.2) is 34.9 Å².